The number of hydrogen-bond donors (Lipinski definition) is 1. The Bertz CT molecular complexity index is 367. The zero-order valence-corrected chi connectivity index (χ0v) is 8.62. The Kier molecular flexibility index (Phi) is 3.46. The van der Waals surface area contributed by atoms with Gasteiger partial charge in [0, 0.05) is 23.9 Å². The van der Waals surface area contributed by atoms with Crippen LogP contribution in [0.15, 0.2) is 23.7 Å². The van der Waals surface area contributed by atoms with E-state index >= 15 is 0 Å². The predicted molar refractivity (Wildman–Crippen MR) is 61.1 cm³/mol. The molecule has 0 aliphatic rings. The summed E-state index contributed by atoms with van der Waals surface area (Å²) in [6.45, 7) is 8.31. The molecule has 0 saturated carbocycles. The van der Waals surface area contributed by atoms with Gasteiger partial charge in [-0.25, -0.2) is 0 Å². The fraction of sp³-hybridized carbons (Fsp3) is 0.250. The number of benzene rings is 1. The average Bonchev–Trinajstić information content (AvgIpc) is 2.18. The molecular formula is C12H15NO. The van der Waals surface area contributed by atoms with E-state index in [0.717, 1.165) is 23.2 Å². The molecule has 74 valence electrons. The molecule has 0 unspecified atom stereocenters. The fourth-order valence-electron chi connectivity index (χ4n) is 1.28. The van der Waals surface area contributed by atoms with Gasteiger partial charge in [0.15, 0.2) is 0 Å². The van der Waals surface area contributed by atoms with E-state index in [1.807, 2.05) is 26.0 Å². The Morgan fingerprint density at radius 1 is 1.43 bits per heavy atom. The number of aliphatic imine (C=N–C) groups is 1. The van der Waals surface area contributed by atoms with Crippen molar-refractivity contribution in [3.63, 3.8) is 0 Å². The van der Waals surface area contributed by atoms with E-state index < -0.39 is 0 Å². The summed E-state index contributed by atoms with van der Waals surface area (Å²) in [6.07, 6.45) is 3.33. The lowest BCUT2D eigenvalue weighted by atomic mass is 10.1. The minimum Gasteiger partial charge on any atom is -0.507 e. The van der Waals surface area contributed by atoms with Crippen LogP contribution in [0.2, 0.25) is 0 Å². The van der Waals surface area contributed by atoms with Crippen molar-refractivity contribution in [2.45, 2.75) is 13.8 Å². The van der Waals surface area contributed by atoms with Crippen molar-refractivity contribution in [3.05, 3.63) is 35.4 Å². The number of nitrogens with zero attached hydrogens (tertiary/aromatic N) is 1. The van der Waals surface area contributed by atoms with Crippen LogP contribution < -0.4 is 0 Å². The molecule has 0 bridgehead atoms. The molecule has 0 spiro atoms. The zero-order valence-electron chi connectivity index (χ0n) is 8.62. The molecule has 0 aromatic heterocycles. The van der Waals surface area contributed by atoms with E-state index in [-0.39, 0.29) is 5.75 Å². The molecule has 0 amide bonds. The molecule has 1 N–H and O–H groups in total. The Balaban J connectivity index is 3.21. The molecule has 0 radical (unpaired) electrons. The van der Waals surface area contributed by atoms with Gasteiger partial charge >= 0.3 is 0 Å². The summed E-state index contributed by atoms with van der Waals surface area (Å²) < 4.78 is 0. The summed E-state index contributed by atoms with van der Waals surface area (Å²) in [6, 6.07) is 3.80. The molecule has 0 aliphatic carbocycles. The van der Waals surface area contributed by atoms with Gasteiger partial charge in [-0.2, -0.15) is 0 Å². The fourth-order valence-corrected chi connectivity index (χ4v) is 1.28. The molecule has 1 rings (SSSR count). The number of phenolic OH excluding ortho intramolecular Hbond substituents is 1. The van der Waals surface area contributed by atoms with E-state index in [4.69, 9.17) is 0 Å². The molecule has 0 heterocycles. The molecule has 0 atom stereocenters. The quantitative estimate of drug-likeness (QED) is 0.728. The number of hydrogen-bond acceptors (Lipinski definition) is 2. The van der Waals surface area contributed by atoms with Crippen molar-refractivity contribution >= 4 is 12.3 Å². The maximum atomic E-state index is 9.78. The van der Waals surface area contributed by atoms with Crippen molar-refractivity contribution in [2.24, 2.45) is 4.99 Å². The van der Waals surface area contributed by atoms with Crippen LogP contribution in [-0.2, 0) is 0 Å². The highest BCUT2D eigenvalue weighted by Crippen LogP contribution is 2.23. The van der Waals surface area contributed by atoms with E-state index in [2.05, 4.69) is 11.6 Å². The van der Waals surface area contributed by atoms with Gasteiger partial charge in [0.25, 0.3) is 0 Å². The molecule has 0 saturated heterocycles. The van der Waals surface area contributed by atoms with Crippen LogP contribution in [-0.4, -0.2) is 17.9 Å². The second kappa shape index (κ2) is 4.61. The summed E-state index contributed by atoms with van der Waals surface area (Å²) in [4.78, 5) is 4.10. The Hall–Kier alpha value is -1.57. The van der Waals surface area contributed by atoms with Gasteiger partial charge in [-0.05, 0) is 31.5 Å². The van der Waals surface area contributed by atoms with Crippen LogP contribution in [0, 0.1) is 6.92 Å². The molecular weight excluding hydrogens is 174 g/mol. The molecule has 0 aliphatic heterocycles. The van der Waals surface area contributed by atoms with Crippen molar-refractivity contribution in [2.75, 3.05) is 6.54 Å². The first-order valence-electron chi connectivity index (χ1n) is 4.65. The van der Waals surface area contributed by atoms with Gasteiger partial charge in [-0.3, -0.25) is 4.99 Å². The second-order valence-corrected chi connectivity index (χ2v) is 3.12. The summed E-state index contributed by atoms with van der Waals surface area (Å²) in [5.41, 5.74) is 2.60. The van der Waals surface area contributed by atoms with Gasteiger partial charge in [-0.1, -0.05) is 12.7 Å². The Morgan fingerprint density at radius 2 is 2.07 bits per heavy atom. The van der Waals surface area contributed by atoms with Crippen molar-refractivity contribution in [1.29, 1.82) is 0 Å². The summed E-state index contributed by atoms with van der Waals surface area (Å²) in [5.74, 6) is 0.253. The van der Waals surface area contributed by atoms with Gasteiger partial charge in [0.1, 0.15) is 5.75 Å². The van der Waals surface area contributed by atoms with E-state index in [0.29, 0.717) is 0 Å². The maximum absolute atomic E-state index is 9.78. The highest BCUT2D eigenvalue weighted by atomic mass is 16.3. The van der Waals surface area contributed by atoms with Crippen molar-refractivity contribution in [1.82, 2.24) is 0 Å². The summed E-state index contributed by atoms with van der Waals surface area (Å²) >= 11 is 0. The lowest BCUT2D eigenvalue weighted by molar-refractivity contribution is 0.473. The minimum atomic E-state index is 0.253. The molecule has 2 heteroatoms. The smallest absolute Gasteiger partial charge is 0.131 e. The molecule has 0 fully saturated rings. The second-order valence-electron chi connectivity index (χ2n) is 3.12. The molecule has 14 heavy (non-hydrogen) atoms. The van der Waals surface area contributed by atoms with Crippen molar-refractivity contribution in [3.8, 4) is 5.75 Å². The first kappa shape index (κ1) is 10.5. The largest absolute Gasteiger partial charge is 0.507 e. The Labute approximate surface area is 84.6 Å². The van der Waals surface area contributed by atoms with Gasteiger partial charge in [-0.15, -0.1) is 0 Å². The molecule has 1 aromatic carbocycles. The first-order chi connectivity index (χ1) is 6.69. The van der Waals surface area contributed by atoms with E-state index in [9.17, 15) is 5.11 Å². The van der Waals surface area contributed by atoms with Crippen molar-refractivity contribution < 1.29 is 5.11 Å². The van der Waals surface area contributed by atoms with Crippen LogP contribution >= 0.6 is 0 Å². The predicted octanol–water partition coefficient (Wildman–Crippen LogP) is 2.78. The minimum absolute atomic E-state index is 0.253. The number of aryl methyl sites for hydroxylation is 1. The van der Waals surface area contributed by atoms with Crippen LogP contribution in [0.25, 0.3) is 6.08 Å². The number of aromatic hydroxyl groups is 1. The average molecular weight is 189 g/mol. The SMILES string of the molecule is C=Cc1cc(C)cc(C=NCC)c1O. The topological polar surface area (TPSA) is 32.6 Å². The van der Waals surface area contributed by atoms with Crippen LogP contribution in [0.3, 0.4) is 0 Å². The van der Waals surface area contributed by atoms with Gasteiger partial charge in [0.05, 0.1) is 0 Å². The summed E-state index contributed by atoms with van der Waals surface area (Å²) in [5, 5.41) is 9.78. The third kappa shape index (κ3) is 2.22. The lowest BCUT2D eigenvalue weighted by Crippen LogP contribution is -1.88. The van der Waals surface area contributed by atoms with Crippen LogP contribution in [0.4, 0.5) is 0 Å². The first-order valence-corrected chi connectivity index (χ1v) is 4.65. The molecule has 2 nitrogen and oxygen atoms in total. The van der Waals surface area contributed by atoms with Gasteiger partial charge in [0.2, 0.25) is 0 Å². The molecule has 1 aromatic rings. The van der Waals surface area contributed by atoms with Gasteiger partial charge < -0.3 is 5.11 Å². The maximum Gasteiger partial charge on any atom is 0.131 e. The van der Waals surface area contributed by atoms with E-state index in [1.54, 1.807) is 12.3 Å². The Morgan fingerprint density at radius 3 is 2.64 bits per heavy atom. The summed E-state index contributed by atoms with van der Waals surface area (Å²) in [7, 11) is 0. The van der Waals surface area contributed by atoms with Crippen LogP contribution in [0.1, 0.15) is 23.6 Å². The monoisotopic (exact) mass is 189 g/mol. The third-order valence-corrected chi connectivity index (χ3v) is 1.95. The van der Waals surface area contributed by atoms with E-state index in [1.165, 1.54) is 0 Å². The number of phenols is 1. The van der Waals surface area contributed by atoms with Crippen LogP contribution in [0.5, 0.6) is 5.75 Å². The third-order valence-electron chi connectivity index (χ3n) is 1.95. The standard InChI is InChI=1S/C12H15NO/c1-4-10-6-9(3)7-11(12(10)14)8-13-5-2/h4,6-8,14H,1,5H2,2-3H3. The highest BCUT2D eigenvalue weighted by molar-refractivity contribution is 5.86. The highest BCUT2D eigenvalue weighted by Gasteiger charge is 2.03. The zero-order chi connectivity index (χ0) is 10.6. The normalized spacial score (nSPS) is 10.7. The lowest BCUT2D eigenvalue weighted by Gasteiger charge is -2.04. The number of rotatable bonds is 3.